The minimum absolute atomic E-state index is 0.0119. The van der Waals surface area contributed by atoms with Gasteiger partial charge in [-0.25, -0.2) is 8.78 Å². The molecule has 1 heterocycles. The number of hydrogen-bond acceptors (Lipinski definition) is 3. The highest BCUT2D eigenvalue weighted by atomic mass is 19.1. The second-order valence-electron chi connectivity index (χ2n) is 5.81. The van der Waals surface area contributed by atoms with Gasteiger partial charge in [-0.1, -0.05) is 12.1 Å². The molecule has 8 heteroatoms. The van der Waals surface area contributed by atoms with E-state index in [1.54, 1.807) is 6.07 Å². The number of nitrogens with one attached hydrogen (secondary N) is 2. The predicted molar refractivity (Wildman–Crippen MR) is 88.9 cm³/mol. The largest absolute Gasteiger partial charge is 0.309 e. The van der Waals surface area contributed by atoms with Crippen molar-refractivity contribution in [3.63, 3.8) is 0 Å². The molecule has 134 valence electrons. The fourth-order valence-electron chi connectivity index (χ4n) is 2.68. The highest BCUT2D eigenvalue weighted by Crippen LogP contribution is 2.27. The van der Waals surface area contributed by atoms with E-state index in [-0.39, 0.29) is 30.1 Å². The quantitative estimate of drug-likeness (QED) is 0.820. The topological polar surface area (TPSA) is 78.5 Å². The zero-order chi connectivity index (χ0) is 18.7. The Kier molecular flexibility index (Phi) is 4.92. The van der Waals surface area contributed by atoms with Gasteiger partial charge in [0.05, 0.1) is 11.6 Å². The molecule has 1 saturated heterocycles. The number of nitrogens with zero attached hydrogens (tertiary/aromatic N) is 1. The fraction of sp³-hybridized carbons (Fsp3) is 0.167. The zero-order valence-corrected chi connectivity index (χ0v) is 13.5. The van der Waals surface area contributed by atoms with Gasteiger partial charge in [0.1, 0.15) is 11.6 Å². The monoisotopic (exact) mass is 359 g/mol. The van der Waals surface area contributed by atoms with Crippen molar-refractivity contribution in [2.75, 3.05) is 11.4 Å². The Morgan fingerprint density at radius 1 is 1.00 bits per heavy atom. The molecule has 0 bridgehead atoms. The molecule has 26 heavy (non-hydrogen) atoms. The van der Waals surface area contributed by atoms with Crippen molar-refractivity contribution < 1.29 is 23.2 Å². The molecule has 1 aliphatic rings. The SMILES string of the molecule is O=C(NNC(=O)C1CC(=O)N(c2ccccc2F)C1)c1ccc(F)cc1. The lowest BCUT2D eigenvalue weighted by Crippen LogP contribution is -2.45. The minimum Gasteiger partial charge on any atom is -0.309 e. The van der Waals surface area contributed by atoms with Crippen molar-refractivity contribution in [1.29, 1.82) is 0 Å². The fourth-order valence-corrected chi connectivity index (χ4v) is 2.68. The lowest BCUT2D eigenvalue weighted by atomic mass is 10.1. The standard InChI is InChI=1S/C18H15F2N3O3/c19-13-7-5-11(6-8-13)17(25)21-22-18(26)12-9-16(24)23(10-12)15-4-2-1-3-14(15)20/h1-8,12H,9-10H2,(H,21,25)(H,22,26). The van der Waals surface area contributed by atoms with Crippen LogP contribution in [0.2, 0.25) is 0 Å². The average molecular weight is 359 g/mol. The van der Waals surface area contributed by atoms with E-state index in [0.717, 1.165) is 12.1 Å². The number of hydrogen-bond donors (Lipinski definition) is 2. The van der Waals surface area contributed by atoms with E-state index in [2.05, 4.69) is 10.9 Å². The molecule has 3 rings (SSSR count). The van der Waals surface area contributed by atoms with Gasteiger partial charge in [0.25, 0.3) is 5.91 Å². The van der Waals surface area contributed by atoms with Gasteiger partial charge >= 0.3 is 0 Å². The zero-order valence-electron chi connectivity index (χ0n) is 13.5. The molecule has 2 aromatic carbocycles. The summed E-state index contributed by atoms with van der Waals surface area (Å²) >= 11 is 0. The first-order valence-corrected chi connectivity index (χ1v) is 7.86. The van der Waals surface area contributed by atoms with E-state index in [9.17, 15) is 23.2 Å². The third kappa shape index (κ3) is 3.69. The van der Waals surface area contributed by atoms with Crippen LogP contribution in [0.1, 0.15) is 16.8 Å². The van der Waals surface area contributed by atoms with Gasteiger partial charge in [0, 0.05) is 18.5 Å². The van der Waals surface area contributed by atoms with Crippen molar-refractivity contribution in [3.05, 3.63) is 65.7 Å². The van der Waals surface area contributed by atoms with E-state index < -0.39 is 29.4 Å². The predicted octanol–water partition coefficient (Wildman–Crippen LogP) is 1.78. The van der Waals surface area contributed by atoms with Gasteiger partial charge in [-0.3, -0.25) is 25.2 Å². The molecule has 0 saturated carbocycles. The van der Waals surface area contributed by atoms with Crippen molar-refractivity contribution in [3.8, 4) is 0 Å². The summed E-state index contributed by atoms with van der Waals surface area (Å²) in [5.41, 5.74) is 4.73. The molecular formula is C18H15F2N3O3. The van der Waals surface area contributed by atoms with Crippen molar-refractivity contribution >= 4 is 23.4 Å². The molecule has 1 unspecified atom stereocenters. The van der Waals surface area contributed by atoms with Crippen molar-refractivity contribution in [1.82, 2.24) is 10.9 Å². The van der Waals surface area contributed by atoms with Crippen molar-refractivity contribution in [2.24, 2.45) is 5.92 Å². The Morgan fingerprint density at radius 3 is 2.38 bits per heavy atom. The molecular weight excluding hydrogens is 344 g/mol. The lowest BCUT2D eigenvalue weighted by molar-refractivity contribution is -0.126. The number of para-hydroxylation sites is 1. The van der Waals surface area contributed by atoms with Gasteiger partial charge in [0.15, 0.2) is 0 Å². The molecule has 1 aliphatic heterocycles. The second kappa shape index (κ2) is 7.30. The Balaban J connectivity index is 1.59. The molecule has 0 radical (unpaired) electrons. The van der Waals surface area contributed by atoms with Gasteiger partial charge in [-0.2, -0.15) is 0 Å². The molecule has 0 aromatic heterocycles. The molecule has 1 atom stereocenters. The third-order valence-corrected chi connectivity index (χ3v) is 4.04. The highest BCUT2D eigenvalue weighted by molar-refractivity contribution is 6.01. The number of benzene rings is 2. The second-order valence-corrected chi connectivity index (χ2v) is 5.81. The Hall–Kier alpha value is -3.29. The van der Waals surface area contributed by atoms with Crippen LogP contribution in [0.5, 0.6) is 0 Å². The summed E-state index contributed by atoms with van der Waals surface area (Å²) in [6.45, 7) is 0.0119. The highest BCUT2D eigenvalue weighted by Gasteiger charge is 2.36. The number of halogens is 2. The summed E-state index contributed by atoms with van der Waals surface area (Å²) in [5, 5.41) is 0. The molecule has 0 aliphatic carbocycles. The van der Waals surface area contributed by atoms with Crippen molar-refractivity contribution in [2.45, 2.75) is 6.42 Å². The van der Waals surface area contributed by atoms with Gasteiger partial charge < -0.3 is 4.90 Å². The lowest BCUT2D eigenvalue weighted by Gasteiger charge is -2.17. The summed E-state index contributed by atoms with van der Waals surface area (Å²) in [7, 11) is 0. The van der Waals surface area contributed by atoms with Gasteiger partial charge in [0.2, 0.25) is 11.8 Å². The third-order valence-electron chi connectivity index (χ3n) is 4.04. The summed E-state index contributed by atoms with van der Waals surface area (Å²) < 4.78 is 26.7. The number of rotatable bonds is 3. The van der Waals surface area contributed by atoms with Crippen LogP contribution in [0.15, 0.2) is 48.5 Å². The first kappa shape index (κ1) is 17.5. The normalized spacial score (nSPS) is 16.5. The van der Waals surface area contributed by atoms with Crippen LogP contribution in [-0.4, -0.2) is 24.3 Å². The molecule has 0 spiro atoms. The number of hydrazine groups is 1. The maximum Gasteiger partial charge on any atom is 0.269 e. The molecule has 1 fully saturated rings. The van der Waals surface area contributed by atoms with Crippen LogP contribution >= 0.6 is 0 Å². The summed E-state index contributed by atoms with van der Waals surface area (Å²) in [4.78, 5) is 37.4. The van der Waals surface area contributed by atoms with E-state index in [1.807, 2.05) is 0 Å². The smallest absolute Gasteiger partial charge is 0.269 e. The number of anilines is 1. The molecule has 2 N–H and O–H groups in total. The Labute approximate surface area is 147 Å². The number of carbonyl (C=O) groups excluding carboxylic acids is 3. The Bertz CT molecular complexity index is 855. The van der Waals surface area contributed by atoms with Gasteiger partial charge in [-0.15, -0.1) is 0 Å². The van der Waals surface area contributed by atoms with Crippen LogP contribution in [0.3, 0.4) is 0 Å². The van der Waals surface area contributed by atoms with E-state index in [4.69, 9.17) is 0 Å². The summed E-state index contributed by atoms with van der Waals surface area (Å²) in [6.07, 6.45) is -0.0907. The van der Waals surface area contributed by atoms with Crippen LogP contribution in [0, 0.1) is 17.6 Å². The summed E-state index contributed by atoms with van der Waals surface area (Å²) in [5.74, 6) is -3.31. The first-order valence-electron chi connectivity index (χ1n) is 7.86. The maximum atomic E-state index is 13.8. The maximum absolute atomic E-state index is 13.8. The van der Waals surface area contributed by atoms with E-state index >= 15 is 0 Å². The number of carbonyl (C=O) groups is 3. The molecule has 3 amide bonds. The van der Waals surface area contributed by atoms with Crippen LogP contribution < -0.4 is 15.8 Å². The van der Waals surface area contributed by atoms with Crippen LogP contribution in [0.25, 0.3) is 0 Å². The Morgan fingerprint density at radius 2 is 1.69 bits per heavy atom. The molecule has 6 nitrogen and oxygen atoms in total. The average Bonchev–Trinajstić information content (AvgIpc) is 3.02. The van der Waals surface area contributed by atoms with Crippen LogP contribution in [0.4, 0.5) is 14.5 Å². The summed E-state index contributed by atoms with van der Waals surface area (Å²) in [6, 6.07) is 10.6. The van der Waals surface area contributed by atoms with E-state index in [1.165, 1.54) is 35.2 Å². The number of amides is 3. The van der Waals surface area contributed by atoms with E-state index in [0.29, 0.717) is 0 Å². The minimum atomic E-state index is -0.726. The first-order chi connectivity index (χ1) is 12.5. The van der Waals surface area contributed by atoms with Gasteiger partial charge in [-0.05, 0) is 36.4 Å². The molecule has 2 aromatic rings. The van der Waals surface area contributed by atoms with Crippen LogP contribution in [-0.2, 0) is 9.59 Å².